The summed E-state index contributed by atoms with van der Waals surface area (Å²) in [6.07, 6.45) is 2.74. The zero-order chi connectivity index (χ0) is 6.69. The Hall–Kier alpha value is 0.270. The molecule has 2 nitrogen and oxygen atoms in total. The van der Waals surface area contributed by atoms with Crippen molar-refractivity contribution >= 4 is 12.0 Å². The van der Waals surface area contributed by atoms with Gasteiger partial charge in [0.2, 0.25) is 0 Å². The molecule has 0 aliphatic heterocycles. The maximum absolute atomic E-state index is 5.33. The highest BCUT2D eigenvalue weighted by molar-refractivity contribution is 7.74. The summed E-state index contributed by atoms with van der Waals surface area (Å²) in [5.41, 5.74) is 3.83. The first kappa shape index (κ1) is 7.38. The molecule has 1 atom stereocenters. The highest BCUT2D eigenvalue weighted by Gasteiger charge is 2.31. The van der Waals surface area contributed by atoms with E-state index in [-0.39, 0.29) is 0 Å². The van der Waals surface area contributed by atoms with Crippen molar-refractivity contribution in [3.63, 3.8) is 0 Å². The maximum atomic E-state index is 5.33. The summed E-state index contributed by atoms with van der Waals surface area (Å²) < 4.78 is 5.33. The van der Waals surface area contributed by atoms with Gasteiger partial charge in [0.25, 0.3) is 0 Å². The molecule has 0 saturated heterocycles. The van der Waals surface area contributed by atoms with Crippen molar-refractivity contribution in [2.45, 2.75) is 31.1 Å². The van der Waals surface area contributed by atoms with E-state index in [0.29, 0.717) is 6.04 Å². The van der Waals surface area contributed by atoms with Gasteiger partial charge in [0.1, 0.15) is 23.3 Å². The van der Waals surface area contributed by atoms with E-state index in [9.17, 15) is 0 Å². The fraction of sp³-hybridized carbons (Fsp3) is 1.00. The minimum atomic E-state index is 0.441. The van der Waals surface area contributed by atoms with Crippen LogP contribution in [0.4, 0.5) is 0 Å². The molecule has 0 aromatic carbocycles. The normalized spacial score (nSPS) is 22.0. The van der Waals surface area contributed by atoms with Crippen LogP contribution in [0.5, 0.6) is 0 Å². The van der Waals surface area contributed by atoms with Crippen molar-refractivity contribution in [2.75, 3.05) is 6.61 Å². The van der Waals surface area contributed by atoms with Gasteiger partial charge in [0.15, 0.2) is 6.61 Å². The van der Waals surface area contributed by atoms with Crippen molar-refractivity contribution in [1.29, 1.82) is 0 Å². The molecule has 0 bridgehead atoms. The van der Waals surface area contributed by atoms with Crippen LogP contribution < -0.4 is 5.73 Å². The predicted octanol–water partition coefficient (Wildman–Crippen LogP) is -0.474. The average Bonchev–Trinajstić information content (AvgIpc) is 2.48. The first-order valence-electron chi connectivity index (χ1n) is 3.44. The minimum Gasteiger partial charge on any atom is -0.353 e. The van der Waals surface area contributed by atoms with Gasteiger partial charge in [-0.2, -0.15) is 4.18 Å². The summed E-state index contributed by atoms with van der Waals surface area (Å²) >= 11 is 1.19. The molecule has 9 heavy (non-hydrogen) atoms. The van der Waals surface area contributed by atoms with E-state index in [2.05, 4.69) is 12.7 Å². The Bertz CT molecular complexity index is 81.1. The van der Waals surface area contributed by atoms with E-state index in [4.69, 9.17) is 4.18 Å². The summed E-state index contributed by atoms with van der Waals surface area (Å²) in [4.78, 5) is 0. The molecule has 54 valence electrons. The molecule has 3 N–H and O–H groups in total. The summed E-state index contributed by atoms with van der Waals surface area (Å²) in [6.45, 7) is 2.89. The van der Waals surface area contributed by atoms with Crippen LogP contribution in [0.2, 0.25) is 0 Å². The Morgan fingerprint density at radius 2 is 2.44 bits per heavy atom. The van der Waals surface area contributed by atoms with Crippen molar-refractivity contribution in [2.24, 2.45) is 0 Å². The molecule has 1 aliphatic carbocycles. The SMILES string of the molecule is CC([NH3+])CO[SH+]C1CC1. The zero-order valence-electron chi connectivity index (χ0n) is 5.84. The van der Waals surface area contributed by atoms with E-state index in [0.717, 1.165) is 11.9 Å². The fourth-order valence-corrected chi connectivity index (χ4v) is 1.37. The number of hydrogen-bond donors (Lipinski definition) is 1. The Morgan fingerprint density at radius 3 is 2.89 bits per heavy atom. The summed E-state index contributed by atoms with van der Waals surface area (Å²) in [5.74, 6) is 0. The number of thiol groups is 1. The first-order valence-corrected chi connectivity index (χ1v) is 4.32. The van der Waals surface area contributed by atoms with Crippen molar-refractivity contribution in [3.8, 4) is 0 Å². The molecule has 1 fully saturated rings. The van der Waals surface area contributed by atoms with E-state index < -0.39 is 0 Å². The third-order valence-electron chi connectivity index (χ3n) is 1.13. The molecule has 1 unspecified atom stereocenters. The topological polar surface area (TPSA) is 36.9 Å². The standard InChI is InChI=1S/C6H13NOS/c1-5(7)4-8-9-6-2-3-6/h5-6H,2-4,7H2,1H3/p+2. The van der Waals surface area contributed by atoms with Gasteiger partial charge in [-0.05, 0) is 6.92 Å². The second-order valence-electron chi connectivity index (χ2n) is 2.74. The number of quaternary nitrogens is 1. The highest BCUT2D eigenvalue weighted by Crippen LogP contribution is 2.23. The van der Waals surface area contributed by atoms with Gasteiger partial charge >= 0.3 is 0 Å². The lowest BCUT2D eigenvalue weighted by molar-refractivity contribution is -0.417. The van der Waals surface area contributed by atoms with Crippen LogP contribution in [-0.4, -0.2) is 17.9 Å². The molecule has 0 spiro atoms. The first-order chi connectivity index (χ1) is 4.29. The lowest BCUT2D eigenvalue weighted by Crippen LogP contribution is -2.61. The zero-order valence-corrected chi connectivity index (χ0v) is 6.73. The van der Waals surface area contributed by atoms with Gasteiger partial charge in [0.05, 0.1) is 0 Å². The van der Waals surface area contributed by atoms with E-state index in [1.54, 1.807) is 0 Å². The lowest BCUT2D eigenvalue weighted by atomic mass is 10.4. The van der Waals surface area contributed by atoms with E-state index in [1.165, 1.54) is 24.9 Å². The van der Waals surface area contributed by atoms with Crippen molar-refractivity contribution in [3.05, 3.63) is 0 Å². The molecule has 0 heterocycles. The quantitative estimate of drug-likeness (QED) is 0.425. The molecule has 0 amide bonds. The monoisotopic (exact) mass is 149 g/mol. The van der Waals surface area contributed by atoms with Crippen LogP contribution in [0.1, 0.15) is 19.8 Å². The van der Waals surface area contributed by atoms with Crippen LogP contribution in [0.15, 0.2) is 0 Å². The Balaban J connectivity index is 1.81. The lowest BCUT2D eigenvalue weighted by Gasteiger charge is -1.93. The van der Waals surface area contributed by atoms with Crippen LogP contribution in [0.3, 0.4) is 0 Å². The molecule has 0 aromatic heterocycles. The van der Waals surface area contributed by atoms with Crippen LogP contribution in [-0.2, 0) is 16.2 Å². The number of hydrogen-bond acceptors (Lipinski definition) is 1. The molecule has 0 radical (unpaired) electrons. The van der Waals surface area contributed by atoms with Crippen LogP contribution >= 0.6 is 0 Å². The van der Waals surface area contributed by atoms with Gasteiger partial charge < -0.3 is 5.73 Å². The van der Waals surface area contributed by atoms with Gasteiger partial charge in [-0.1, -0.05) is 0 Å². The van der Waals surface area contributed by atoms with Gasteiger partial charge in [-0.25, -0.2) is 0 Å². The van der Waals surface area contributed by atoms with E-state index in [1.807, 2.05) is 0 Å². The smallest absolute Gasteiger partial charge is 0.154 e. The Kier molecular flexibility index (Phi) is 2.82. The molecular weight excluding hydrogens is 134 g/mol. The van der Waals surface area contributed by atoms with Crippen LogP contribution in [0, 0.1) is 0 Å². The van der Waals surface area contributed by atoms with Gasteiger partial charge in [-0.3, -0.25) is 0 Å². The fourth-order valence-electron chi connectivity index (χ4n) is 0.456. The van der Waals surface area contributed by atoms with Crippen molar-refractivity contribution in [1.82, 2.24) is 0 Å². The summed E-state index contributed by atoms with van der Waals surface area (Å²) in [7, 11) is 0. The predicted molar refractivity (Wildman–Crippen MR) is 40.1 cm³/mol. The maximum Gasteiger partial charge on any atom is 0.154 e. The molecule has 0 aromatic rings. The van der Waals surface area contributed by atoms with Crippen LogP contribution in [0.25, 0.3) is 0 Å². The second kappa shape index (κ2) is 3.44. The third-order valence-corrected chi connectivity index (χ3v) is 2.24. The van der Waals surface area contributed by atoms with E-state index >= 15 is 0 Å². The number of rotatable bonds is 4. The molecular formula is C6H15NOS+2. The molecule has 1 saturated carbocycles. The highest BCUT2D eigenvalue weighted by atomic mass is 32.2. The Labute approximate surface area is 60.3 Å². The summed E-state index contributed by atoms with van der Waals surface area (Å²) in [6, 6.07) is 0.441. The van der Waals surface area contributed by atoms with Gasteiger partial charge in [-0.15, -0.1) is 0 Å². The summed E-state index contributed by atoms with van der Waals surface area (Å²) in [5, 5.41) is 0.865. The molecule has 1 rings (SSSR count). The molecule has 3 heteroatoms. The Morgan fingerprint density at radius 1 is 1.78 bits per heavy atom. The minimum absolute atomic E-state index is 0.441. The third kappa shape index (κ3) is 3.78. The van der Waals surface area contributed by atoms with Crippen molar-refractivity contribution < 1.29 is 9.92 Å². The average molecular weight is 149 g/mol. The van der Waals surface area contributed by atoms with Gasteiger partial charge in [0, 0.05) is 12.8 Å². The second-order valence-corrected chi connectivity index (χ2v) is 3.94. The molecule has 1 aliphatic rings. The largest absolute Gasteiger partial charge is 0.353 e.